The number of ether oxygens (including phenoxy) is 3. The Morgan fingerprint density at radius 2 is 1.53 bits per heavy atom. The zero-order valence-electron chi connectivity index (χ0n) is 12.0. The van der Waals surface area contributed by atoms with Crippen molar-refractivity contribution >= 4 is 5.97 Å². The third-order valence-corrected chi connectivity index (χ3v) is 2.50. The van der Waals surface area contributed by atoms with Crippen molar-refractivity contribution in [3.8, 4) is 0 Å². The summed E-state index contributed by atoms with van der Waals surface area (Å²) in [5.74, 6) is -0.855. The molecule has 0 heterocycles. The fraction of sp³-hybridized carbons (Fsp3) is 0.786. The van der Waals surface area contributed by atoms with Crippen LogP contribution in [0.1, 0.15) is 32.6 Å². The molecule has 0 atom stereocenters. The second-order valence-electron chi connectivity index (χ2n) is 4.26. The van der Waals surface area contributed by atoms with Crippen LogP contribution in [-0.2, 0) is 19.0 Å². The normalized spacial score (nSPS) is 11.8. The molecule has 112 valence electrons. The Morgan fingerprint density at radius 1 is 1.00 bits per heavy atom. The second-order valence-corrected chi connectivity index (χ2v) is 4.26. The van der Waals surface area contributed by atoms with Gasteiger partial charge in [0.05, 0.1) is 0 Å². The third-order valence-electron chi connectivity index (χ3n) is 2.50. The van der Waals surface area contributed by atoms with E-state index in [0.717, 1.165) is 38.9 Å². The third kappa shape index (κ3) is 13.3. The number of carbonyl (C=O) groups is 1. The fourth-order valence-electron chi connectivity index (χ4n) is 1.36. The summed E-state index contributed by atoms with van der Waals surface area (Å²) in [6.45, 7) is 5.12. The largest absolute Gasteiger partial charge is 0.478 e. The van der Waals surface area contributed by atoms with E-state index in [2.05, 4.69) is 0 Å². The van der Waals surface area contributed by atoms with Crippen molar-refractivity contribution in [1.29, 1.82) is 0 Å². The molecular weight excluding hydrogens is 248 g/mol. The molecule has 0 aromatic heterocycles. The molecule has 0 aromatic carbocycles. The van der Waals surface area contributed by atoms with Crippen LogP contribution in [-0.4, -0.2) is 51.2 Å². The molecular formula is C14H26O5. The summed E-state index contributed by atoms with van der Waals surface area (Å²) < 4.78 is 15.7. The molecule has 0 rings (SSSR count). The number of carboxylic acids is 1. The van der Waals surface area contributed by atoms with Crippen LogP contribution in [0.4, 0.5) is 0 Å². The van der Waals surface area contributed by atoms with Gasteiger partial charge in [0.1, 0.15) is 0 Å². The molecule has 0 radical (unpaired) electrons. The van der Waals surface area contributed by atoms with Crippen LogP contribution in [0.25, 0.3) is 0 Å². The van der Waals surface area contributed by atoms with Crippen molar-refractivity contribution in [2.45, 2.75) is 32.6 Å². The van der Waals surface area contributed by atoms with Gasteiger partial charge in [0, 0.05) is 45.7 Å². The number of rotatable bonds is 13. The predicted molar refractivity (Wildman–Crippen MR) is 73.4 cm³/mol. The molecule has 0 saturated carbocycles. The van der Waals surface area contributed by atoms with Gasteiger partial charge in [0.2, 0.25) is 0 Å². The Balaban J connectivity index is 3.15. The number of allylic oxidation sites excluding steroid dienone is 1. The Labute approximate surface area is 115 Å². The number of unbranched alkanes of at least 4 members (excludes halogenated alkanes) is 1. The molecule has 19 heavy (non-hydrogen) atoms. The first-order chi connectivity index (χ1) is 9.18. The second kappa shape index (κ2) is 13.5. The van der Waals surface area contributed by atoms with Gasteiger partial charge in [-0.3, -0.25) is 0 Å². The van der Waals surface area contributed by atoms with Crippen molar-refractivity contribution in [1.82, 2.24) is 0 Å². The monoisotopic (exact) mass is 274 g/mol. The summed E-state index contributed by atoms with van der Waals surface area (Å²) in [4.78, 5) is 10.5. The van der Waals surface area contributed by atoms with E-state index in [4.69, 9.17) is 19.3 Å². The first-order valence-electron chi connectivity index (χ1n) is 6.73. The van der Waals surface area contributed by atoms with Crippen LogP contribution in [0.5, 0.6) is 0 Å². The van der Waals surface area contributed by atoms with Crippen LogP contribution >= 0.6 is 0 Å². The van der Waals surface area contributed by atoms with Crippen LogP contribution in [0.15, 0.2) is 11.6 Å². The smallest absolute Gasteiger partial charge is 0.330 e. The van der Waals surface area contributed by atoms with Crippen molar-refractivity contribution < 1.29 is 24.1 Å². The van der Waals surface area contributed by atoms with Crippen molar-refractivity contribution in [3.63, 3.8) is 0 Å². The standard InChI is InChI=1S/C14H26O5/c1-13(14(15)16)7-3-4-9-18-11-6-12-19-10-5-8-17-2/h7H,3-6,8-12H2,1-2H3,(H,15,16). The van der Waals surface area contributed by atoms with E-state index in [1.807, 2.05) is 0 Å². The topological polar surface area (TPSA) is 65.0 Å². The van der Waals surface area contributed by atoms with E-state index in [0.29, 0.717) is 25.4 Å². The average molecular weight is 274 g/mol. The van der Waals surface area contributed by atoms with E-state index in [9.17, 15) is 4.79 Å². The molecule has 0 aliphatic rings. The van der Waals surface area contributed by atoms with E-state index < -0.39 is 5.97 Å². The molecule has 0 unspecified atom stereocenters. The maximum atomic E-state index is 10.5. The van der Waals surface area contributed by atoms with Crippen LogP contribution < -0.4 is 0 Å². The minimum atomic E-state index is -0.855. The summed E-state index contributed by atoms with van der Waals surface area (Å²) in [6, 6.07) is 0. The highest BCUT2D eigenvalue weighted by Crippen LogP contribution is 1.99. The molecule has 0 aliphatic carbocycles. The van der Waals surface area contributed by atoms with Crippen LogP contribution in [0.2, 0.25) is 0 Å². The van der Waals surface area contributed by atoms with Crippen molar-refractivity contribution in [2.24, 2.45) is 0 Å². The summed E-state index contributed by atoms with van der Waals surface area (Å²) in [6.07, 6.45) is 5.12. The van der Waals surface area contributed by atoms with E-state index in [1.54, 1.807) is 20.1 Å². The average Bonchev–Trinajstić information content (AvgIpc) is 2.39. The summed E-state index contributed by atoms with van der Waals surface area (Å²) in [5, 5.41) is 8.64. The SMILES string of the molecule is COCCCOCCCOCCCC=C(C)C(=O)O. The molecule has 0 fully saturated rings. The maximum Gasteiger partial charge on any atom is 0.330 e. The highest BCUT2D eigenvalue weighted by atomic mass is 16.5. The zero-order valence-corrected chi connectivity index (χ0v) is 12.0. The molecule has 0 amide bonds. The van der Waals surface area contributed by atoms with Gasteiger partial charge in [0.15, 0.2) is 0 Å². The van der Waals surface area contributed by atoms with E-state index >= 15 is 0 Å². The van der Waals surface area contributed by atoms with Gasteiger partial charge in [0.25, 0.3) is 0 Å². The number of hydrogen-bond acceptors (Lipinski definition) is 4. The number of methoxy groups -OCH3 is 1. The minimum absolute atomic E-state index is 0.393. The maximum absolute atomic E-state index is 10.5. The summed E-state index contributed by atoms with van der Waals surface area (Å²) in [7, 11) is 1.68. The lowest BCUT2D eigenvalue weighted by Crippen LogP contribution is -2.04. The number of hydrogen-bond donors (Lipinski definition) is 1. The first-order valence-corrected chi connectivity index (χ1v) is 6.73. The van der Waals surface area contributed by atoms with Gasteiger partial charge in [-0.1, -0.05) is 6.08 Å². The van der Waals surface area contributed by atoms with Gasteiger partial charge in [-0.15, -0.1) is 0 Å². The number of carboxylic acid groups (broad SMARTS) is 1. The van der Waals surface area contributed by atoms with Gasteiger partial charge in [-0.05, 0) is 32.6 Å². The molecule has 0 aliphatic heterocycles. The number of aliphatic carboxylic acids is 1. The van der Waals surface area contributed by atoms with Crippen molar-refractivity contribution in [3.05, 3.63) is 11.6 Å². The molecule has 0 saturated heterocycles. The highest BCUT2D eigenvalue weighted by Gasteiger charge is 1.97. The van der Waals surface area contributed by atoms with Crippen LogP contribution in [0, 0.1) is 0 Å². The first kappa shape index (κ1) is 18.1. The quantitative estimate of drug-likeness (QED) is 0.412. The summed E-state index contributed by atoms with van der Waals surface area (Å²) >= 11 is 0. The lowest BCUT2D eigenvalue weighted by Gasteiger charge is -2.05. The minimum Gasteiger partial charge on any atom is -0.478 e. The van der Waals surface area contributed by atoms with Gasteiger partial charge >= 0.3 is 5.97 Å². The Hall–Kier alpha value is -0.910. The van der Waals surface area contributed by atoms with Gasteiger partial charge in [-0.2, -0.15) is 0 Å². The molecule has 0 aromatic rings. The van der Waals surface area contributed by atoms with Crippen LogP contribution in [0.3, 0.4) is 0 Å². The van der Waals surface area contributed by atoms with Gasteiger partial charge < -0.3 is 19.3 Å². The molecule has 0 bridgehead atoms. The molecule has 1 N–H and O–H groups in total. The molecule has 5 nitrogen and oxygen atoms in total. The highest BCUT2D eigenvalue weighted by molar-refractivity contribution is 5.85. The Morgan fingerprint density at radius 3 is 2.05 bits per heavy atom. The summed E-state index contributed by atoms with van der Waals surface area (Å²) in [5.41, 5.74) is 0.393. The lowest BCUT2D eigenvalue weighted by molar-refractivity contribution is -0.132. The predicted octanol–water partition coefficient (Wildman–Crippen LogP) is 2.26. The zero-order chi connectivity index (χ0) is 14.3. The fourth-order valence-corrected chi connectivity index (χ4v) is 1.36. The molecule has 0 spiro atoms. The van der Waals surface area contributed by atoms with Gasteiger partial charge in [-0.25, -0.2) is 4.79 Å². The van der Waals surface area contributed by atoms with Crippen molar-refractivity contribution in [2.75, 3.05) is 40.1 Å². The van der Waals surface area contributed by atoms with E-state index in [-0.39, 0.29) is 0 Å². The van der Waals surface area contributed by atoms with E-state index in [1.165, 1.54) is 0 Å². The lowest BCUT2D eigenvalue weighted by atomic mass is 10.2. The Bertz CT molecular complexity index is 250. The molecule has 5 heteroatoms. The Kier molecular flexibility index (Phi) is 12.9.